The van der Waals surface area contributed by atoms with Crippen molar-refractivity contribution in [3.63, 3.8) is 0 Å². The van der Waals surface area contributed by atoms with Crippen LogP contribution in [0.1, 0.15) is 5.56 Å². The molecule has 1 amide bonds. The molecule has 5 nitrogen and oxygen atoms in total. The average molecular weight is 399 g/mol. The second kappa shape index (κ2) is 8.12. The predicted octanol–water partition coefficient (Wildman–Crippen LogP) is 3.78. The zero-order chi connectivity index (χ0) is 18.6. The molecule has 0 fully saturated rings. The molecule has 2 rings (SSSR count). The minimum Gasteiger partial charge on any atom is -0.324 e. The molecule has 0 spiro atoms. The molecule has 0 bridgehead atoms. The summed E-state index contributed by atoms with van der Waals surface area (Å²) in [5.41, 5.74) is 1.87. The largest absolute Gasteiger partial charge is 0.324 e. The van der Waals surface area contributed by atoms with Gasteiger partial charge in [-0.05, 0) is 49.1 Å². The van der Waals surface area contributed by atoms with Gasteiger partial charge >= 0.3 is 0 Å². The van der Waals surface area contributed by atoms with Crippen LogP contribution in [0, 0.1) is 6.92 Å². The SMILES string of the molecule is CSc1cccc(N(CC(=O)Nc2ccc(C)c(Cl)c2)S(C)(=O)=O)c1. The first-order valence-corrected chi connectivity index (χ1v) is 10.8. The number of halogens is 1. The Hall–Kier alpha value is -1.70. The Morgan fingerprint density at radius 2 is 1.96 bits per heavy atom. The van der Waals surface area contributed by atoms with Crippen molar-refractivity contribution in [1.82, 2.24) is 0 Å². The summed E-state index contributed by atoms with van der Waals surface area (Å²) in [6.07, 6.45) is 2.98. The van der Waals surface area contributed by atoms with Gasteiger partial charge in [0.2, 0.25) is 15.9 Å². The van der Waals surface area contributed by atoms with E-state index >= 15 is 0 Å². The number of nitrogens with zero attached hydrogens (tertiary/aromatic N) is 1. The van der Waals surface area contributed by atoms with Crippen molar-refractivity contribution in [1.29, 1.82) is 0 Å². The molecule has 1 N–H and O–H groups in total. The van der Waals surface area contributed by atoms with E-state index in [1.54, 1.807) is 36.4 Å². The molecule has 2 aromatic rings. The lowest BCUT2D eigenvalue weighted by atomic mass is 10.2. The fourth-order valence-corrected chi connectivity index (χ4v) is 3.65. The maximum Gasteiger partial charge on any atom is 0.245 e. The van der Waals surface area contributed by atoms with Crippen LogP contribution in [0.2, 0.25) is 5.02 Å². The highest BCUT2D eigenvalue weighted by Crippen LogP contribution is 2.24. The second-order valence-electron chi connectivity index (χ2n) is 5.48. The van der Waals surface area contributed by atoms with Crippen LogP contribution in [-0.2, 0) is 14.8 Å². The van der Waals surface area contributed by atoms with E-state index in [9.17, 15) is 13.2 Å². The van der Waals surface area contributed by atoms with Crippen molar-refractivity contribution >= 4 is 50.7 Å². The Labute approximate surface area is 157 Å². The number of hydrogen-bond acceptors (Lipinski definition) is 4. The maximum absolute atomic E-state index is 12.3. The van der Waals surface area contributed by atoms with Crippen molar-refractivity contribution in [3.05, 3.63) is 53.1 Å². The molecule has 0 saturated heterocycles. The number of nitrogens with one attached hydrogen (secondary N) is 1. The van der Waals surface area contributed by atoms with Gasteiger partial charge < -0.3 is 5.32 Å². The van der Waals surface area contributed by atoms with Gasteiger partial charge in [-0.25, -0.2) is 8.42 Å². The summed E-state index contributed by atoms with van der Waals surface area (Å²) < 4.78 is 25.4. The van der Waals surface area contributed by atoms with Crippen LogP contribution >= 0.6 is 23.4 Å². The average Bonchev–Trinajstić information content (AvgIpc) is 2.55. The lowest BCUT2D eigenvalue weighted by molar-refractivity contribution is -0.114. The Morgan fingerprint density at radius 3 is 2.56 bits per heavy atom. The third kappa shape index (κ3) is 5.39. The molecule has 0 aliphatic carbocycles. The highest BCUT2D eigenvalue weighted by atomic mass is 35.5. The van der Waals surface area contributed by atoms with E-state index in [1.165, 1.54) is 11.8 Å². The van der Waals surface area contributed by atoms with Gasteiger partial charge in [-0.1, -0.05) is 23.7 Å². The van der Waals surface area contributed by atoms with Gasteiger partial charge in [-0.15, -0.1) is 11.8 Å². The zero-order valence-electron chi connectivity index (χ0n) is 14.1. The van der Waals surface area contributed by atoms with Crippen molar-refractivity contribution in [3.8, 4) is 0 Å². The molecule has 25 heavy (non-hydrogen) atoms. The third-order valence-electron chi connectivity index (χ3n) is 3.48. The Morgan fingerprint density at radius 1 is 1.24 bits per heavy atom. The fraction of sp³-hybridized carbons (Fsp3) is 0.235. The van der Waals surface area contributed by atoms with Crippen LogP contribution < -0.4 is 9.62 Å². The Bertz CT molecular complexity index is 885. The van der Waals surface area contributed by atoms with Crippen LogP contribution in [0.3, 0.4) is 0 Å². The zero-order valence-corrected chi connectivity index (χ0v) is 16.5. The summed E-state index contributed by atoms with van der Waals surface area (Å²) in [7, 11) is -3.61. The normalized spacial score (nSPS) is 11.2. The molecule has 0 aliphatic rings. The molecular weight excluding hydrogens is 380 g/mol. The highest BCUT2D eigenvalue weighted by molar-refractivity contribution is 7.98. The lowest BCUT2D eigenvalue weighted by Crippen LogP contribution is -2.37. The molecule has 0 aromatic heterocycles. The van der Waals surface area contributed by atoms with Crippen molar-refractivity contribution < 1.29 is 13.2 Å². The van der Waals surface area contributed by atoms with Crippen LogP contribution in [-0.4, -0.2) is 33.4 Å². The van der Waals surface area contributed by atoms with Gasteiger partial charge in [0.15, 0.2) is 0 Å². The molecular formula is C17H19ClN2O3S2. The number of carbonyl (C=O) groups excluding carboxylic acids is 1. The van der Waals surface area contributed by atoms with Crippen LogP contribution in [0.15, 0.2) is 47.4 Å². The summed E-state index contributed by atoms with van der Waals surface area (Å²) in [5, 5.41) is 3.21. The Balaban J connectivity index is 2.22. The molecule has 0 atom stereocenters. The van der Waals surface area contributed by atoms with Crippen molar-refractivity contribution in [2.75, 3.05) is 28.7 Å². The van der Waals surface area contributed by atoms with Crippen molar-refractivity contribution in [2.24, 2.45) is 0 Å². The number of sulfonamides is 1. The van der Waals surface area contributed by atoms with E-state index in [0.717, 1.165) is 21.0 Å². The predicted molar refractivity (Wildman–Crippen MR) is 105 cm³/mol. The van der Waals surface area contributed by atoms with Gasteiger partial charge in [0.1, 0.15) is 6.54 Å². The monoisotopic (exact) mass is 398 g/mol. The summed E-state index contributed by atoms with van der Waals surface area (Å²) in [5.74, 6) is -0.445. The molecule has 0 unspecified atom stereocenters. The topological polar surface area (TPSA) is 66.5 Å². The maximum atomic E-state index is 12.3. The number of carbonyl (C=O) groups is 1. The number of rotatable bonds is 6. The lowest BCUT2D eigenvalue weighted by Gasteiger charge is -2.22. The summed E-state index contributed by atoms with van der Waals surface area (Å²) in [4.78, 5) is 13.2. The molecule has 0 aliphatic heterocycles. The van der Waals surface area contributed by atoms with E-state index in [4.69, 9.17) is 11.6 Å². The number of thioether (sulfide) groups is 1. The number of hydrogen-bond donors (Lipinski definition) is 1. The molecule has 8 heteroatoms. The number of anilines is 2. The number of amides is 1. The van der Waals surface area contributed by atoms with Gasteiger partial charge in [0.25, 0.3) is 0 Å². The van der Waals surface area contributed by atoms with Gasteiger partial charge in [-0.2, -0.15) is 0 Å². The van der Waals surface area contributed by atoms with E-state index in [1.807, 2.05) is 19.2 Å². The van der Waals surface area contributed by atoms with E-state index in [-0.39, 0.29) is 6.54 Å². The number of benzene rings is 2. The van der Waals surface area contributed by atoms with Gasteiger partial charge in [-0.3, -0.25) is 9.10 Å². The minimum atomic E-state index is -3.61. The van der Waals surface area contributed by atoms with Gasteiger partial charge in [0.05, 0.1) is 11.9 Å². The van der Waals surface area contributed by atoms with E-state index < -0.39 is 15.9 Å². The minimum absolute atomic E-state index is 0.317. The third-order valence-corrected chi connectivity index (χ3v) is 5.76. The molecule has 2 aromatic carbocycles. The smallest absolute Gasteiger partial charge is 0.245 e. The van der Waals surface area contributed by atoms with Gasteiger partial charge in [0, 0.05) is 15.6 Å². The second-order valence-corrected chi connectivity index (χ2v) is 8.68. The molecule has 0 heterocycles. The Kier molecular flexibility index (Phi) is 6.37. The highest BCUT2D eigenvalue weighted by Gasteiger charge is 2.21. The van der Waals surface area contributed by atoms with E-state index in [2.05, 4.69) is 5.32 Å². The van der Waals surface area contributed by atoms with Crippen LogP contribution in [0.25, 0.3) is 0 Å². The van der Waals surface area contributed by atoms with E-state index in [0.29, 0.717) is 16.4 Å². The number of aryl methyl sites for hydroxylation is 1. The van der Waals surface area contributed by atoms with Crippen LogP contribution in [0.4, 0.5) is 11.4 Å². The summed E-state index contributed by atoms with van der Waals surface area (Å²) in [6.45, 7) is 1.54. The first-order chi connectivity index (χ1) is 11.7. The molecule has 0 radical (unpaired) electrons. The molecule has 0 saturated carbocycles. The summed E-state index contributed by atoms with van der Waals surface area (Å²) in [6, 6.07) is 12.2. The quantitative estimate of drug-likeness (QED) is 0.752. The fourth-order valence-electron chi connectivity index (χ4n) is 2.17. The molecule has 134 valence electrons. The van der Waals surface area contributed by atoms with Crippen molar-refractivity contribution in [2.45, 2.75) is 11.8 Å². The first kappa shape index (κ1) is 19.6. The summed E-state index contributed by atoms with van der Waals surface area (Å²) >= 11 is 7.54. The van der Waals surface area contributed by atoms with Crippen LogP contribution in [0.5, 0.6) is 0 Å². The standard InChI is InChI=1S/C17H19ClN2O3S2/c1-12-7-8-13(9-16(12)18)19-17(21)11-20(25(3,22)23)14-5-4-6-15(10-14)24-2/h4-10H,11H2,1-3H3,(H,19,21). The first-order valence-electron chi connectivity index (χ1n) is 7.38.